The summed E-state index contributed by atoms with van der Waals surface area (Å²) < 4.78 is 4.86. The second-order valence-electron chi connectivity index (χ2n) is 5.46. The van der Waals surface area contributed by atoms with Gasteiger partial charge in [0, 0.05) is 26.2 Å². The number of rotatable bonds is 5. The molecule has 0 radical (unpaired) electrons. The van der Waals surface area contributed by atoms with Crippen LogP contribution in [-0.2, 0) is 16.1 Å². The van der Waals surface area contributed by atoms with Crippen LogP contribution >= 0.6 is 11.6 Å². The fourth-order valence-electron chi connectivity index (χ4n) is 2.74. The van der Waals surface area contributed by atoms with Gasteiger partial charge in [-0.3, -0.25) is 9.69 Å². The minimum Gasteiger partial charge on any atom is -0.469 e. The third kappa shape index (κ3) is 3.86. The van der Waals surface area contributed by atoms with Crippen molar-refractivity contribution >= 4 is 23.4 Å². The first kappa shape index (κ1) is 16.0. The number of hydrogen-bond acceptors (Lipinski definition) is 5. The summed E-state index contributed by atoms with van der Waals surface area (Å²) >= 11 is 6.23. The number of hydrogen-bond donors (Lipinski definition) is 1. The Balaban J connectivity index is 2.05. The lowest BCUT2D eigenvalue weighted by Crippen LogP contribution is -2.24. The highest BCUT2D eigenvalue weighted by atomic mass is 35.5. The van der Waals surface area contributed by atoms with Gasteiger partial charge in [0.05, 0.1) is 23.7 Å². The van der Waals surface area contributed by atoms with E-state index in [1.165, 1.54) is 7.11 Å². The van der Waals surface area contributed by atoms with E-state index in [4.69, 9.17) is 16.3 Å². The van der Waals surface area contributed by atoms with Crippen molar-refractivity contribution in [3.05, 3.63) is 22.8 Å². The van der Waals surface area contributed by atoms with E-state index in [-0.39, 0.29) is 17.8 Å². The predicted molar refractivity (Wildman–Crippen MR) is 83.4 cm³/mol. The number of methoxy groups -OCH3 is 1. The molecule has 21 heavy (non-hydrogen) atoms. The fraction of sp³-hybridized carbons (Fsp3) is 0.600. The van der Waals surface area contributed by atoms with E-state index in [1.54, 1.807) is 0 Å². The average molecular weight is 312 g/mol. The number of ether oxygens (including phenoxy) is 1. The summed E-state index contributed by atoms with van der Waals surface area (Å²) in [6.07, 6.45) is 0. The molecule has 1 aromatic rings. The molecule has 1 aliphatic rings. The van der Waals surface area contributed by atoms with Gasteiger partial charge in [-0.15, -0.1) is 0 Å². The van der Waals surface area contributed by atoms with E-state index >= 15 is 0 Å². The maximum absolute atomic E-state index is 11.7. The third-order valence-electron chi connectivity index (χ3n) is 3.84. The SMILES string of the molecule is CCNc1ccc(Cl)c(CN2CC(C)C(C(=O)OC)C2)n1. The molecule has 2 heterocycles. The molecule has 2 rings (SSSR count). The van der Waals surface area contributed by atoms with Gasteiger partial charge in [0.1, 0.15) is 5.82 Å². The Bertz CT molecular complexity index is 510. The molecule has 0 amide bonds. The van der Waals surface area contributed by atoms with Crippen LogP contribution < -0.4 is 5.32 Å². The van der Waals surface area contributed by atoms with E-state index < -0.39 is 0 Å². The van der Waals surface area contributed by atoms with Crippen LogP contribution in [0.4, 0.5) is 5.82 Å². The second-order valence-corrected chi connectivity index (χ2v) is 5.86. The van der Waals surface area contributed by atoms with E-state index in [2.05, 4.69) is 22.1 Å². The molecule has 2 unspecified atom stereocenters. The minimum absolute atomic E-state index is 0.0641. The van der Waals surface area contributed by atoms with Crippen molar-refractivity contribution in [1.29, 1.82) is 0 Å². The first-order valence-corrected chi connectivity index (χ1v) is 7.62. The number of carbonyl (C=O) groups excluding carboxylic acids is 1. The van der Waals surface area contributed by atoms with Crippen LogP contribution in [0.1, 0.15) is 19.5 Å². The standard InChI is InChI=1S/C15H22ClN3O2/c1-4-17-14-6-5-12(16)13(18-14)9-19-7-10(2)11(8-19)15(20)21-3/h5-6,10-11H,4,7-9H2,1-3H3,(H,17,18). The van der Waals surface area contributed by atoms with Gasteiger partial charge in [0.2, 0.25) is 0 Å². The Labute approximate surface area is 130 Å². The van der Waals surface area contributed by atoms with Gasteiger partial charge in [-0.05, 0) is 25.0 Å². The van der Waals surface area contributed by atoms with Crippen LogP contribution in [0.25, 0.3) is 0 Å². The summed E-state index contributed by atoms with van der Waals surface area (Å²) in [6, 6.07) is 3.73. The number of pyridine rings is 1. The molecule has 5 nitrogen and oxygen atoms in total. The van der Waals surface area contributed by atoms with Crippen LogP contribution in [0.5, 0.6) is 0 Å². The van der Waals surface area contributed by atoms with Gasteiger partial charge in [-0.25, -0.2) is 4.98 Å². The second kappa shape index (κ2) is 7.09. The summed E-state index contributed by atoms with van der Waals surface area (Å²) in [7, 11) is 1.44. The summed E-state index contributed by atoms with van der Waals surface area (Å²) in [4.78, 5) is 18.5. The number of carbonyl (C=O) groups is 1. The van der Waals surface area contributed by atoms with Gasteiger partial charge in [-0.2, -0.15) is 0 Å². The lowest BCUT2D eigenvalue weighted by molar-refractivity contribution is -0.146. The van der Waals surface area contributed by atoms with Gasteiger partial charge in [0.15, 0.2) is 0 Å². The molecule has 1 aliphatic heterocycles. The summed E-state index contributed by atoms with van der Waals surface area (Å²) in [5.74, 6) is 0.915. The van der Waals surface area contributed by atoms with Crippen LogP contribution in [0.2, 0.25) is 5.02 Å². The van der Waals surface area contributed by atoms with Crippen molar-refractivity contribution in [2.75, 3.05) is 32.1 Å². The zero-order valence-corrected chi connectivity index (χ0v) is 13.5. The molecule has 0 bridgehead atoms. The Morgan fingerprint density at radius 2 is 2.29 bits per heavy atom. The third-order valence-corrected chi connectivity index (χ3v) is 4.19. The number of nitrogens with one attached hydrogen (secondary N) is 1. The quantitative estimate of drug-likeness (QED) is 0.846. The summed E-state index contributed by atoms with van der Waals surface area (Å²) in [5.41, 5.74) is 0.841. The van der Waals surface area contributed by atoms with Crippen molar-refractivity contribution in [1.82, 2.24) is 9.88 Å². The Hall–Kier alpha value is -1.33. The van der Waals surface area contributed by atoms with E-state index in [0.717, 1.165) is 24.6 Å². The van der Waals surface area contributed by atoms with Crippen molar-refractivity contribution in [3.8, 4) is 0 Å². The maximum atomic E-state index is 11.7. The van der Waals surface area contributed by atoms with Gasteiger partial charge >= 0.3 is 5.97 Å². The number of esters is 1. The minimum atomic E-state index is -0.134. The highest BCUT2D eigenvalue weighted by Crippen LogP contribution is 2.27. The van der Waals surface area contributed by atoms with Crippen LogP contribution in [-0.4, -0.2) is 42.6 Å². The maximum Gasteiger partial charge on any atom is 0.310 e. The Morgan fingerprint density at radius 1 is 1.52 bits per heavy atom. The molecular formula is C15H22ClN3O2. The monoisotopic (exact) mass is 311 g/mol. The number of halogens is 1. The van der Waals surface area contributed by atoms with Gasteiger partial charge in [-0.1, -0.05) is 18.5 Å². The first-order valence-electron chi connectivity index (χ1n) is 7.24. The Kier molecular flexibility index (Phi) is 5.42. The van der Waals surface area contributed by atoms with Crippen LogP contribution in [0, 0.1) is 11.8 Å². The lowest BCUT2D eigenvalue weighted by Gasteiger charge is -2.16. The zero-order chi connectivity index (χ0) is 15.4. The number of likely N-dealkylation sites (tertiary alicyclic amines) is 1. The predicted octanol–water partition coefficient (Wildman–Crippen LogP) is 2.41. The summed E-state index contributed by atoms with van der Waals surface area (Å²) in [5, 5.41) is 3.84. The number of nitrogens with zero attached hydrogens (tertiary/aromatic N) is 2. The molecule has 116 valence electrons. The lowest BCUT2D eigenvalue weighted by atomic mass is 9.99. The smallest absolute Gasteiger partial charge is 0.310 e. The van der Waals surface area contributed by atoms with Crippen molar-refractivity contribution in [2.45, 2.75) is 20.4 Å². The molecule has 0 spiro atoms. The summed E-state index contributed by atoms with van der Waals surface area (Å²) in [6.45, 7) is 7.11. The fourth-order valence-corrected chi connectivity index (χ4v) is 2.91. The molecule has 1 saturated heterocycles. The topological polar surface area (TPSA) is 54.5 Å². The average Bonchev–Trinajstić information content (AvgIpc) is 2.83. The van der Waals surface area contributed by atoms with Crippen molar-refractivity contribution in [2.24, 2.45) is 11.8 Å². The molecule has 1 fully saturated rings. The van der Waals surface area contributed by atoms with Crippen molar-refractivity contribution < 1.29 is 9.53 Å². The molecule has 2 atom stereocenters. The molecule has 6 heteroatoms. The first-order chi connectivity index (χ1) is 10.0. The molecule has 1 aromatic heterocycles. The van der Waals surface area contributed by atoms with E-state index in [0.29, 0.717) is 18.1 Å². The zero-order valence-electron chi connectivity index (χ0n) is 12.7. The van der Waals surface area contributed by atoms with Gasteiger partial charge < -0.3 is 10.1 Å². The highest BCUT2D eigenvalue weighted by molar-refractivity contribution is 6.31. The molecule has 0 aromatic carbocycles. The van der Waals surface area contributed by atoms with Gasteiger partial charge in [0.25, 0.3) is 0 Å². The normalized spacial score (nSPS) is 22.3. The van der Waals surface area contributed by atoms with Crippen LogP contribution in [0.15, 0.2) is 12.1 Å². The van der Waals surface area contributed by atoms with E-state index in [1.807, 2.05) is 19.1 Å². The molecule has 1 N–H and O–H groups in total. The Morgan fingerprint density at radius 3 is 2.95 bits per heavy atom. The number of anilines is 1. The van der Waals surface area contributed by atoms with Crippen LogP contribution in [0.3, 0.4) is 0 Å². The molecular weight excluding hydrogens is 290 g/mol. The largest absolute Gasteiger partial charge is 0.469 e. The highest BCUT2D eigenvalue weighted by Gasteiger charge is 2.35. The van der Waals surface area contributed by atoms with Crippen molar-refractivity contribution in [3.63, 3.8) is 0 Å². The van der Waals surface area contributed by atoms with E-state index in [9.17, 15) is 4.79 Å². The molecule has 0 aliphatic carbocycles. The molecule has 0 saturated carbocycles. The number of aromatic nitrogens is 1.